The second-order valence-electron chi connectivity index (χ2n) is 10.7. The molecule has 1 aromatic heterocycles. The van der Waals surface area contributed by atoms with Gasteiger partial charge in [-0.05, 0) is 79.5 Å². The zero-order valence-electron chi connectivity index (χ0n) is 21.8. The van der Waals surface area contributed by atoms with Crippen molar-refractivity contribution in [2.75, 3.05) is 20.0 Å². The maximum atomic E-state index is 14.1. The van der Waals surface area contributed by atoms with Gasteiger partial charge in [0.2, 0.25) is 0 Å². The molecule has 2 aromatic rings. The Balaban J connectivity index is 1.28. The van der Waals surface area contributed by atoms with Crippen LogP contribution in [0.1, 0.15) is 81.0 Å². The summed E-state index contributed by atoms with van der Waals surface area (Å²) < 4.78 is 48.3. The molecule has 1 aromatic carbocycles. The summed E-state index contributed by atoms with van der Waals surface area (Å²) in [7, 11) is -1.84. The van der Waals surface area contributed by atoms with Gasteiger partial charge in [0, 0.05) is 37.2 Å². The van der Waals surface area contributed by atoms with Crippen LogP contribution in [0, 0.1) is 23.6 Å². The van der Waals surface area contributed by atoms with Gasteiger partial charge in [-0.3, -0.25) is 4.98 Å². The molecule has 0 bridgehead atoms. The maximum absolute atomic E-state index is 14.1. The highest BCUT2D eigenvalue weighted by Gasteiger charge is 2.42. The number of halogens is 1. The van der Waals surface area contributed by atoms with Gasteiger partial charge in [-0.1, -0.05) is 32.3 Å². The number of benzene rings is 1. The van der Waals surface area contributed by atoms with Crippen molar-refractivity contribution in [3.05, 3.63) is 53.1 Å². The van der Waals surface area contributed by atoms with E-state index >= 15 is 0 Å². The van der Waals surface area contributed by atoms with Crippen molar-refractivity contribution in [1.29, 1.82) is 0 Å². The number of hydrogen-bond donors (Lipinski definition) is 0. The van der Waals surface area contributed by atoms with Crippen LogP contribution in [0.25, 0.3) is 0 Å². The van der Waals surface area contributed by atoms with Crippen molar-refractivity contribution in [3.63, 3.8) is 0 Å². The van der Waals surface area contributed by atoms with Crippen molar-refractivity contribution >= 4 is 9.84 Å². The predicted molar refractivity (Wildman–Crippen MR) is 139 cm³/mol. The predicted octanol–water partition coefficient (Wildman–Crippen LogP) is 6.49. The quantitative estimate of drug-likeness (QED) is 0.360. The fraction of sp³-hybridized carbons (Fsp3) is 0.621. The van der Waals surface area contributed by atoms with Crippen LogP contribution in [0.3, 0.4) is 0 Å². The SMILES string of the molecule is CCc1cc(COC)cnc1C1CCCCC(C2CC2CCOc2ccc(S(C)(=O)=O)c(F)c2)CC1. The Morgan fingerprint density at radius 3 is 2.64 bits per heavy atom. The summed E-state index contributed by atoms with van der Waals surface area (Å²) in [5, 5.41) is 0. The third-order valence-electron chi connectivity index (χ3n) is 8.04. The molecule has 4 atom stereocenters. The number of hydrogen-bond acceptors (Lipinski definition) is 5. The van der Waals surface area contributed by atoms with Crippen LogP contribution in [0.5, 0.6) is 5.75 Å². The molecule has 0 amide bonds. The van der Waals surface area contributed by atoms with Crippen molar-refractivity contribution in [3.8, 4) is 5.75 Å². The number of sulfone groups is 1. The Labute approximate surface area is 215 Å². The van der Waals surface area contributed by atoms with Gasteiger partial charge in [0.15, 0.2) is 9.84 Å². The molecule has 36 heavy (non-hydrogen) atoms. The Morgan fingerprint density at radius 2 is 1.92 bits per heavy atom. The third-order valence-corrected chi connectivity index (χ3v) is 9.17. The minimum absolute atomic E-state index is 0.285. The van der Waals surface area contributed by atoms with Crippen molar-refractivity contribution < 1.29 is 22.3 Å². The van der Waals surface area contributed by atoms with Gasteiger partial charge in [-0.2, -0.15) is 0 Å². The summed E-state index contributed by atoms with van der Waals surface area (Å²) >= 11 is 0. The molecule has 2 fully saturated rings. The average molecular weight is 518 g/mol. The van der Waals surface area contributed by atoms with E-state index in [9.17, 15) is 12.8 Å². The molecule has 0 N–H and O–H groups in total. The molecule has 0 aliphatic heterocycles. The van der Waals surface area contributed by atoms with E-state index in [0.717, 1.165) is 36.5 Å². The van der Waals surface area contributed by atoms with E-state index in [4.69, 9.17) is 14.5 Å². The van der Waals surface area contributed by atoms with Crippen LogP contribution in [0.4, 0.5) is 4.39 Å². The first kappa shape index (κ1) is 27.1. The summed E-state index contributed by atoms with van der Waals surface area (Å²) in [6.07, 6.45) is 13.8. The Hall–Kier alpha value is -1.99. The van der Waals surface area contributed by atoms with Gasteiger partial charge in [0.25, 0.3) is 0 Å². The van der Waals surface area contributed by atoms with Gasteiger partial charge in [-0.25, -0.2) is 12.8 Å². The highest BCUT2D eigenvalue weighted by Crippen LogP contribution is 2.51. The zero-order valence-corrected chi connectivity index (χ0v) is 22.7. The highest BCUT2D eigenvalue weighted by molar-refractivity contribution is 7.90. The molecule has 2 aliphatic carbocycles. The van der Waals surface area contributed by atoms with Gasteiger partial charge in [0.05, 0.1) is 13.2 Å². The first-order valence-electron chi connectivity index (χ1n) is 13.4. The van der Waals surface area contributed by atoms with E-state index in [2.05, 4.69) is 13.0 Å². The fourth-order valence-electron chi connectivity index (χ4n) is 6.05. The molecule has 5 nitrogen and oxygen atoms in total. The monoisotopic (exact) mass is 517 g/mol. The van der Waals surface area contributed by atoms with Gasteiger partial charge < -0.3 is 9.47 Å². The summed E-state index contributed by atoms with van der Waals surface area (Å²) in [6.45, 7) is 3.36. The fourth-order valence-corrected chi connectivity index (χ4v) is 6.78. The Morgan fingerprint density at radius 1 is 1.11 bits per heavy atom. The van der Waals surface area contributed by atoms with E-state index in [1.54, 1.807) is 13.2 Å². The lowest BCUT2D eigenvalue weighted by Gasteiger charge is -2.26. The van der Waals surface area contributed by atoms with E-state index in [0.29, 0.717) is 30.8 Å². The molecule has 198 valence electrons. The third kappa shape index (κ3) is 6.86. The minimum atomic E-state index is -3.57. The molecule has 2 saturated carbocycles. The summed E-state index contributed by atoms with van der Waals surface area (Å²) in [4.78, 5) is 4.62. The van der Waals surface area contributed by atoms with Crippen LogP contribution in [-0.2, 0) is 27.6 Å². The molecule has 2 aliphatic rings. The van der Waals surface area contributed by atoms with Crippen molar-refractivity contribution in [1.82, 2.24) is 4.98 Å². The summed E-state index contributed by atoms with van der Waals surface area (Å²) in [5.41, 5.74) is 3.82. The van der Waals surface area contributed by atoms with Crippen LogP contribution >= 0.6 is 0 Å². The largest absolute Gasteiger partial charge is 0.493 e. The molecule has 0 saturated heterocycles. The summed E-state index contributed by atoms with van der Waals surface area (Å²) in [6, 6.07) is 6.28. The molecular weight excluding hydrogens is 477 g/mol. The van der Waals surface area contributed by atoms with Crippen LogP contribution < -0.4 is 4.74 Å². The smallest absolute Gasteiger partial charge is 0.178 e. The van der Waals surface area contributed by atoms with Gasteiger partial charge in [0.1, 0.15) is 16.5 Å². The Bertz CT molecular complexity index is 1140. The molecule has 0 radical (unpaired) electrons. The number of pyridine rings is 1. The molecule has 7 heteroatoms. The number of aryl methyl sites for hydroxylation is 1. The van der Waals surface area contributed by atoms with E-state index < -0.39 is 15.7 Å². The second kappa shape index (κ2) is 12.0. The maximum Gasteiger partial charge on any atom is 0.178 e. The van der Waals surface area contributed by atoms with Crippen LogP contribution in [0.2, 0.25) is 0 Å². The Kier molecular flexibility index (Phi) is 9.05. The molecule has 1 heterocycles. The minimum Gasteiger partial charge on any atom is -0.493 e. The standard InChI is InChI=1S/C29H40FNO4S/c1-4-21-15-20(19-34-2)18-31-29(21)23-8-6-5-7-22(9-10-23)26-16-24(26)13-14-35-25-11-12-28(27(30)17-25)36(3,32)33/h11-12,15,17-18,22-24,26H,4-10,13-14,16,19H2,1-3H3. The van der Waals surface area contributed by atoms with Crippen molar-refractivity contribution in [2.45, 2.75) is 82.1 Å². The topological polar surface area (TPSA) is 65.5 Å². The first-order chi connectivity index (χ1) is 17.3. The number of ether oxygens (including phenoxy) is 2. The lowest BCUT2D eigenvalue weighted by atomic mass is 9.80. The number of methoxy groups -OCH3 is 1. The first-order valence-corrected chi connectivity index (χ1v) is 15.3. The van der Waals surface area contributed by atoms with Crippen LogP contribution in [0.15, 0.2) is 35.4 Å². The molecule has 4 rings (SSSR count). The molecule has 4 unspecified atom stereocenters. The number of nitrogens with zero attached hydrogens (tertiary/aromatic N) is 1. The van der Waals surface area contributed by atoms with Gasteiger partial charge in [-0.15, -0.1) is 0 Å². The zero-order chi connectivity index (χ0) is 25.7. The van der Waals surface area contributed by atoms with E-state index in [1.165, 1.54) is 68.3 Å². The number of aromatic nitrogens is 1. The average Bonchev–Trinajstić information content (AvgIpc) is 3.58. The second-order valence-corrected chi connectivity index (χ2v) is 12.6. The van der Waals surface area contributed by atoms with Crippen molar-refractivity contribution in [2.24, 2.45) is 17.8 Å². The lowest BCUT2D eigenvalue weighted by Crippen LogP contribution is -2.14. The lowest BCUT2D eigenvalue weighted by molar-refractivity contribution is 0.184. The summed E-state index contributed by atoms with van der Waals surface area (Å²) in [5.74, 6) is 2.39. The molecular formula is C29H40FNO4S. The van der Waals surface area contributed by atoms with E-state index in [1.807, 2.05) is 6.20 Å². The van der Waals surface area contributed by atoms with E-state index in [-0.39, 0.29) is 4.90 Å². The van der Waals surface area contributed by atoms with Crippen LogP contribution in [-0.4, -0.2) is 33.4 Å². The molecule has 0 spiro atoms. The normalized spacial score (nSPS) is 24.7. The highest BCUT2D eigenvalue weighted by atomic mass is 32.2. The number of rotatable bonds is 10. The van der Waals surface area contributed by atoms with Gasteiger partial charge >= 0.3 is 0 Å².